The first-order chi connectivity index (χ1) is 6.20. The van der Waals surface area contributed by atoms with Gasteiger partial charge < -0.3 is 0 Å². The summed E-state index contributed by atoms with van der Waals surface area (Å²) in [6.45, 7) is 0. The largest absolute Gasteiger partial charge is 0.282 e. The lowest BCUT2D eigenvalue weighted by Gasteiger charge is -2.03. The minimum absolute atomic E-state index is 0.0827. The van der Waals surface area contributed by atoms with Gasteiger partial charge in [0.15, 0.2) is 0 Å². The lowest BCUT2D eigenvalue weighted by Crippen LogP contribution is -2.11. The molecule has 0 fully saturated rings. The van der Waals surface area contributed by atoms with Crippen molar-refractivity contribution in [2.24, 2.45) is 0 Å². The van der Waals surface area contributed by atoms with Gasteiger partial charge in [0.2, 0.25) is 0 Å². The van der Waals surface area contributed by atoms with E-state index in [0.29, 0.717) is 10.5 Å². The van der Waals surface area contributed by atoms with Crippen LogP contribution in [-0.2, 0) is 0 Å². The van der Waals surface area contributed by atoms with Crippen molar-refractivity contribution >= 4 is 33.0 Å². The van der Waals surface area contributed by atoms with Crippen molar-refractivity contribution in [2.75, 3.05) is 0 Å². The molecule has 2 rings (SSSR count). The molecule has 0 unspecified atom stereocenters. The molecular formula is C9H5BrClNO. The summed E-state index contributed by atoms with van der Waals surface area (Å²) < 4.78 is 2.32. The summed E-state index contributed by atoms with van der Waals surface area (Å²) in [5.41, 5.74) is 0.623. The van der Waals surface area contributed by atoms with E-state index in [4.69, 9.17) is 11.6 Å². The molecule has 0 saturated carbocycles. The van der Waals surface area contributed by atoms with E-state index in [0.717, 1.165) is 4.47 Å². The summed E-state index contributed by atoms with van der Waals surface area (Å²) in [5.74, 6) is 0. The summed E-state index contributed by atoms with van der Waals surface area (Å²) in [5, 5.41) is 0.562. The molecule has 2 heterocycles. The molecule has 0 aliphatic rings. The predicted molar refractivity (Wildman–Crippen MR) is 56.4 cm³/mol. The van der Waals surface area contributed by atoms with E-state index >= 15 is 0 Å². The SMILES string of the molecule is O=c1ccc(Br)c2c(Cl)cccn12. The Morgan fingerprint density at radius 2 is 2.08 bits per heavy atom. The smallest absolute Gasteiger partial charge is 0.255 e. The summed E-state index contributed by atoms with van der Waals surface area (Å²) in [6.07, 6.45) is 1.69. The van der Waals surface area contributed by atoms with Crippen LogP contribution < -0.4 is 5.56 Å². The average molecular weight is 259 g/mol. The second-order valence-corrected chi connectivity index (χ2v) is 3.86. The van der Waals surface area contributed by atoms with Gasteiger partial charge in [-0.1, -0.05) is 11.6 Å². The van der Waals surface area contributed by atoms with Crippen molar-refractivity contribution in [2.45, 2.75) is 0 Å². The van der Waals surface area contributed by atoms with Crippen molar-refractivity contribution in [1.29, 1.82) is 0 Å². The van der Waals surface area contributed by atoms with Gasteiger partial charge in [0.05, 0.1) is 10.5 Å². The van der Waals surface area contributed by atoms with Gasteiger partial charge in [-0.15, -0.1) is 0 Å². The first-order valence-corrected chi connectivity index (χ1v) is 4.82. The van der Waals surface area contributed by atoms with E-state index < -0.39 is 0 Å². The van der Waals surface area contributed by atoms with E-state index in [1.807, 2.05) is 0 Å². The van der Waals surface area contributed by atoms with Gasteiger partial charge >= 0.3 is 0 Å². The van der Waals surface area contributed by atoms with Gasteiger partial charge in [-0.2, -0.15) is 0 Å². The van der Waals surface area contributed by atoms with Crippen molar-refractivity contribution in [3.8, 4) is 0 Å². The molecule has 0 aliphatic heterocycles. The zero-order chi connectivity index (χ0) is 9.42. The van der Waals surface area contributed by atoms with Gasteiger partial charge in [-0.3, -0.25) is 9.20 Å². The number of hydrogen-bond donors (Lipinski definition) is 0. The highest BCUT2D eigenvalue weighted by atomic mass is 79.9. The fraction of sp³-hybridized carbons (Fsp3) is 0. The average Bonchev–Trinajstić information content (AvgIpc) is 2.12. The van der Waals surface area contributed by atoms with Gasteiger partial charge in [-0.25, -0.2) is 0 Å². The Labute approximate surface area is 87.9 Å². The fourth-order valence-electron chi connectivity index (χ4n) is 1.20. The number of pyridine rings is 2. The summed E-state index contributed by atoms with van der Waals surface area (Å²) >= 11 is 9.28. The third-order valence-electron chi connectivity index (χ3n) is 1.78. The van der Waals surface area contributed by atoms with Gasteiger partial charge in [-0.05, 0) is 34.1 Å². The van der Waals surface area contributed by atoms with Crippen LogP contribution in [0.15, 0.2) is 39.7 Å². The molecule has 2 aromatic rings. The number of fused-ring (bicyclic) bond motifs is 1. The minimum atomic E-state index is -0.0827. The third kappa shape index (κ3) is 1.38. The molecule has 4 heteroatoms. The maximum atomic E-state index is 11.4. The molecular weight excluding hydrogens is 253 g/mol. The van der Waals surface area contributed by atoms with Crippen LogP contribution in [0.2, 0.25) is 5.02 Å². The molecule has 0 aliphatic carbocycles. The topological polar surface area (TPSA) is 21.5 Å². The zero-order valence-corrected chi connectivity index (χ0v) is 8.84. The molecule has 0 atom stereocenters. The first kappa shape index (κ1) is 8.78. The Morgan fingerprint density at radius 1 is 1.31 bits per heavy atom. The van der Waals surface area contributed by atoms with Crippen LogP contribution in [0, 0.1) is 0 Å². The Morgan fingerprint density at radius 3 is 2.77 bits per heavy atom. The van der Waals surface area contributed by atoms with Gasteiger partial charge in [0.1, 0.15) is 0 Å². The second kappa shape index (κ2) is 3.16. The molecule has 2 nitrogen and oxygen atoms in total. The van der Waals surface area contributed by atoms with Crippen LogP contribution in [0.1, 0.15) is 0 Å². The molecule has 0 amide bonds. The summed E-state index contributed by atoms with van der Waals surface area (Å²) in [7, 11) is 0. The maximum absolute atomic E-state index is 11.4. The molecule has 2 aromatic heterocycles. The first-order valence-electron chi connectivity index (χ1n) is 3.65. The van der Waals surface area contributed by atoms with E-state index in [-0.39, 0.29) is 5.56 Å². The highest BCUT2D eigenvalue weighted by Gasteiger charge is 2.03. The zero-order valence-electron chi connectivity index (χ0n) is 6.50. The van der Waals surface area contributed by atoms with Crippen molar-refractivity contribution in [3.63, 3.8) is 0 Å². The molecule has 13 heavy (non-hydrogen) atoms. The minimum Gasteiger partial charge on any atom is -0.282 e. The van der Waals surface area contributed by atoms with E-state index in [2.05, 4.69) is 15.9 Å². The van der Waals surface area contributed by atoms with E-state index in [9.17, 15) is 4.79 Å². The quantitative estimate of drug-likeness (QED) is 0.712. The number of aromatic nitrogens is 1. The molecule has 0 aromatic carbocycles. The van der Waals surface area contributed by atoms with Crippen LogP contribution in [0.5, 0.6) is 0 Å². The number of hydrogen-bond acceptors (Lipinski definition) is 1. The van der Waals surface area contributed by atoms with Crippen LogP contribution in [0.25, 0.3) is 5.52 Å². The van der Waals surface area contributed by atoms with E-state index in [1.54, 1.807) is 24.4 Å². The van der Waals surface area contributed by atoms with Crippen molar-refractivity contribution < 1.29 is 0 Å². The molecule has 0 spiro atoms. The van der Waals surface area contributed by atoms with Gasteiger partial charge in [0, 0.05) is 16.7 Å². The Kier molecular flexibility index (Phi) is 2.14. The van der Waals surface area contributed by atoms with Crippen molar-refractivity contribution in [3.05, 3.63) is 50.3 Å². The highest BCUT2D eigenvalue weighted by molar-refractivity contribution is 9.10. The molecule has 66 valence electrons. The Hall–Kier alpha value is -0.800. The molecule has 0 radical (unpaired) electrons. The number of halogens is 2. The number of nitrogens with zero attached hydrogens (tertiary/aromatic N) is 1. The van der Waals surface area contributed by atoms with Gasteiger partial charge in [0.25, 0.3) is 5.56 Å². The van der Waals surface area contributed by atoms with Crippen LogP contribution in [0.4, 0.5) is 0 Å². The monoisotopic (exact) mass is 257 g/mol. The maximum Gasteiger partial charge on any atom is 0.255 e. The number of rotatable bonds is 0. The highest BCUT2D eigenvalue weighted by Crippen LogP contribution is 2.23. The molecule has 0 saturated heterocycles. The second-order valence-electron chi connectivity index (χ2n) is 2.59. The van der Waals surface area contributed by atoms with Crippen molar-refractivity contribution in [1.82, 2.24) is 4.40 Å². The summed E-state index contributed by atoms with van der Waals surface area (Å²) in [6, 6.07) is 6.68. The van der Waals surface area contributed by atoms with Crippen LogP contribution >= 0.6 is 27.5 Å². The Bertz CT molecular complexity index is 512. The third-order valence-corrected chi connectivity index (χ3v) is 2.73. The molecule has 0 N–H and O–H groups in total. The predicted octanol–water partition coefficient (Wildman–Crippen LogP) is 2.72. The normalized spacial score (nSPS) is 10.6. The standard InChI is InChI=1S/C9H5BrClNO/c10-6-3-4-8(13)12-5-1-2-7(11)9(6)12/h1-5H. The van der Waals surface area contributed by atoms with Crippen LogP contribution in [-0.4, -0.2) is 4.40 Å². The molecule has 0 bridgehead atoms. The lowest BCUT2D eigenvalue weighted by molar-refractivity contribution is 1.09. The van der Waals surface area contributed by atoms with E-state index in [1.165, 1.54) is 10.5 Å². The fourth-order valence-corrected chi connectivity index (χ4v) is 2.12. The van der Waals surface area contributed by atoms with Crippen LogP contribution in [0.3, 0.4) is 0 Å². The lowest BCUT2D eigenvalue weighted by atomic mass is 10.3. The Balaban J connectivity index is 3.09. The summed E-state index contributed by atoms with van der Waals surface area (Å²) in [4.78, 5) is 11.4.